The molecule has 0 bridgehead atoms. The quantitative estimate of drug-likeness (QED) is 0.0133. The summed E-state index contributed by atoms with van der Waals surface area (Å²) in [5, 5.41) is 60.0. The Bertz CT molecular complexity index is 1410. The lowest BCUT2D eigenvalue weighted by atomic mass is 9.85. The van der Waals surface area contributed by atoms with Gasteiger partial charge in [-0.1, -0.05) is 145 Å². The normalized spacial score (nSPS) is 22.7. The van der Waals surface area contributed by atoms with E-state index < -0.39 is 75.7 Å². The van der Waals surface area contributed by atoms with Crippen molar-refractivity contribution >= 4 is 19.8 Å². The summed E-state index contributed by atoms with van der Waals surface area (Å²) in [4.78, 5) is 35.7. The molecule has 0 heterocycles. The van der Waals surface area contributed by atoms with Gasteiger partial charge in [0.25, 0.3) is 0 Å². The van der Waals surface area contributed by atoms with Crippen molar-refractivity contribution in [3.05, 3.63) is 72.9 Å². The minimum Gasteiger partial charge on any atom is -0.462 e. The summed E-state index contributed by atoms with van der Waals surface area (Å²) in [5.41, 5.74) is 0. The lowest BCUT2D eigenvalue weighted by molar-refractivity contribution is -0.220. The first-order valence-corrected chi connectivity index (χ1v) is 25.3. The van der Waals surface area contributed by atoms with Gasteiger partial charge in [-0.15, -0.1) is 0 Å². The summed E-state index contributed by atoms with van der Waals surface area (Å²) >= 11 is 0. The maximum Gasteiger partial charge on any atom is 0.472 e. The summed E-state index contributed by atoms with van der Waals surface area (Å²) < 4.78 is 33.5. The van der Waals surface area contributed by atoms with Gasteiger partial charge in [0.15, 0.2) is 6.10 Å². The largest absolute Gasteiger partial charge is 0.472 e. The minimum atomic E-state index is -5.15. The van der Waals surface area contributed by atoms with Crippen LogP contribution in [0.3, 0.4) is 0 Å². The Labute approximate surface area is 383 Å². The smallest absolute Gasteiger partial charge is 0.462 e. The second kappa shape index (κ2) is 38.4. The van der Waals surface area contributed by atoms with Crippen molar-refractivity contribution in [2.24, 2.45) is 0 Å². The number of rotatable bonds is 38. The summed E-state index contributed by atoms with van der Waals surface area (Å²) in [6.45, 7) is 3.06. The van der Waals surface area contributed by atoms with E-state index in [4.69, 9.17) is 18.5 Å². The van der Waals surface area contributed by atoms with Gasteiger partial charge in [-0.2, -0.15) is 0 Å². The van der Waals surface area contributed by atoms with Crippen molar-refractivity contribution < 1.29 is 68.2 Å². The second-order valence-electron chi connectivity index (χ2n) is 16.4. The highest BCUT2D eigenvalue weighted by atomic mass is 31.2. The average Bonchev–Trinajstić information content (AvgIpc) is 3.27. The molecule has 15 heteroatoms. The number of ether oxygens (including phenoxy) is 2. The van der Waals surface area contributed by atoms with E-state index in [2.05, 4.69) is 56.4 Å². The van der Waals surface area contributed by atoms with Gasteiger partial charge < -0.3 is 45.0 Å². The van der Waals surface area contributed by atoms with Crippen LogP contribution in [-0.4, -0.2) is 110 Å². The lowest BCUT2D eigenvalue weighted by Gasteiger charge is -2.41. The summed E-state index contributed by atoms with van der Waals surface area (Å²) in [6.07, 6.45) is 31.4. The zero-order valence-corrected chi connectivity index (χ0v) is 39.6. The van der Waals surface area contributed by atoms with E-state index in [0.29, 0.717) is 19.3 Å². The van der Waals surface area contributed by atoms with E-state index in [1.807, 2.05) is 30.4 Å². The van der Waals surface area contributed by atoms with Crippen LogP contribution in [0.4, 0.5) is 0 Å². The number of esters is 2. The van der Waals surface area contributed by atoms with E-state index in [1.165, 1.54) is 19.3 Å². The van der Waals surface area contributed by atoms with Crippen LogP contribution in [0.2, 0.25) is 0 Å². The predicted octanol–water partition coefficient (Wildman–Crippen LogP) is 8.47. The topological polar surface area (TPSA) is 230 Å². The molecule has 1 aliphatic rings. The Hall–Kier alpha value is -2.75. The molecule has 7 N–H and O–H groups in total. The molecule has 3 unspecified atom stereocenters. The number of carbonyl (C=O) groups excluding carboxylic acids is 2. The fraction of sp³-hybridized carbons (Fsp3) is 0.714. The molecule has 9 atom stereocenters. The molecule has 1 fully saturated rings. The average molecular weight is 927 g/mol. The third kappa shape index (κ3) is 30.5. The minimum absolute atomic E-state index is 0.0645. The number of allylic oxidation sites excluding steroid dienone is 11. The van der Waals surface area contributed by atoms with Gasteiger partial charge in [0.05, 0.1) is 12.7 Å². The van der Waals surface area contributed by atoms with E-state index in [9.17, 15) is 49.7 Å². The first-order valence-electron chi connectivity index (χ1n) is 23.8. The Balaban J connectivity index is 2.51. The van der Waals surface area contributed by atoms with Gasteiger partial charge in [-0.3, -0.25) is 18.6 Å². The number of hydrogen-bond acceptors (Lipinski definition) is 13. The molecule has 1 aliphatic carbocycles. The van der Waals surface area contributed by atoms with Crippen molar-refractivity contribution in [2.45, 2.75) is 210 Å². The predicted molar refractivity (Wildman–Crippen MR) is 250 cm³/mol. The summed E-state index contributed by atoms with van der Waals surface area (Å²) in [6, 6.07) is 0. The van der Waals surface area contributed by atoms with Crippen LogP contribution in [-0.2, 0) is 32.7 Å². The van der Waals surface area contributed by atoms with Crippen molar-refractivity contribution in [1.82, 2.24) is 0 Å². The molecule has 1 rings (SSSR count). The number of aliphatic hydroxyl groups excluding tert-OH is 6. The Kier molecular flexibility index (Phi) is 35.5. The second-order valence-corrected chi connectivity index (χ2v) is 17.8. The monoisotopic (exact) mass is 927 g/mol. The first-order chi connectivity index (χ1) is 30.8. The molecule has 0 aromatic rings. The number of phosphoric ester groups is 1. The maximum absolute atomic E-state index is 12.8. The van der Waals surface area contributed by atoms with Crippen molar-refractivity contribution in [3.63, 3.8) is 0 Å². The molecule has 64 heavy (non-hydrogen) atoms. The molecule has 0 saturated heterocycles. The van der Waals surface area contributed by atoms with Crippen LogP contribution >= 0.6 is 7.82 Å². The number of aliphatic hydroxyl groups is 6. The van der Waals surface area contributed by atoms with Gasteiger partial charge in [-0.25, -0.2) is 4.57 Å². The fourth-order valence-electron chi connectivity index (χ4n) is 6.68. The Morgan fingerprint density at radius 1 is 0.547 bits per heavy atom. The Morgan fingerprint density at radius 2 is 1.00 bits per heavy atom. The number of carbonyl (C=O) groups is 2. The van der Waals surface area contributed by atoms with Gasteiger partial charge in [0, 0.05) is 12.8 Å². The Morgan fingerprint density at radius 3 is 1.56 bits per heavy atom. The number of unbranched alkanes of at least 4 members (excludes halogenated alkanes) is 12. The highest BCUT2D eigenvalue weighted by molar-refractivity contribution is 7.47. The van der Waals surface area contributed by atoms with Crippen LogP contribution < -0.4 is 0 Å². The van der Waals surface area contributed by atoms with Gasteiger partial charge in [0.2, 0.25) is 0 Å². The van der Waals surface area contributed by atoms with Crippen LogP contribution in [0, 0.1) is 0 Å². The van der Waals surface area contributed by atoms with Gasteiger partial charge >= 0.3 is 19.8 Å². The molecule has 1 saturated carbocycles. The zero-order valence-electron chi connectivity index (χ0n) is 38.7. The van der Waals surface area contributed by atoms with Crippen LogP contribution in [0.5, 0.6) is 0 Å². The number of hydrogen-bond donors (Lipinski definition) is 7. The van der Waals surface area contributed by atoms with Gasteiger partial charge in [-0.05, 0) is 77.0 Å². The molecule has 0 aromatic carbocycles. The molecule has 0 radical (unpaired) electrons. The summed E-state index contributed by atoms with van der Waals surface area (Å²) in [5.74, 6) is -1.20. The highest BCUT2D eigenvalue weighted by Crippen LogP contribution is 2.47. The van der Waals surface area contributed by atoms with Crippen molar-refractivity contribution in [1.29, 1.82) is 0 Å². The van der Waals surface area contributed by atoms with Crippen molar-refractivity contribution in [3.8, 4) is 0 Å². The molecule has 0 aliphatic heterocycles. The van der Waals surface area contributed by atoms with Crippen molar-refractivity contribution in [2.75, 3.05) is 13.2 Å². The molecular weight excluding hydrogens is 843 g/mol. The standard InChI is InChI=1S/C49H83O14P/c1-3-5-7-8-9-10-11-12-13-14-15-16-21-24-27-30-33-37-43(52)62-41(39-61-64(58,59)63-49-47(56)45(54)44(53)46(55)48(49)57)38-60-42(51)36-32-29-26-23-20-18-17-19-22-25-28-31-35-40(50)34-6-4-2/h9-10,12-13,17-18,22-23,25-26,31,35,40-41,44-50,53-57H,3-8,11,14-16,19-21,24,27-30,32-34,36-39H2,1-2H3,(H,58,59)/b10-9-,13-12-,18-17-,25-22-,26-23-,35-31-/t40-,41+,44?,45-,46+,47+,48+,49?/m0/s1. The van der Waals surface area contributed by atoms with Crippen LogP contribution in [0.15, 0.2) is 72.9 Å². The highest BCUT2D eigenvalue weighted by Gasteiger charge is 2.51. The lowest BCUT2D eigenvalue weighted by Crippen LogP contribution is -2.64. The third-order valence-electron chi connectivity index (χ3n) is 10.6. The molecule has 0 aromatic heterocycles. The molecule has 14 nitrogen and oxygen atoms in total. The molecule has 368 valence electrons. The fourth-order valence-corrected chi connectivity index (χ4v) is 7.65. The maximum atomic E-state index is 12.8. The van der Waals surface area contributed by atoms with E-state index in [0.717, 1.165) is 96.3 Å². The van der Waals surface area contributed by atoms with E-state index in [-0.39, 0.29) is 18.9 Å². The van der Waals surface area contributed by atoms with Crippen LogP contribution in [0.1, 0.15) is 162 Å². The van der Waals surface area contributed by atoms with Crippen LogP contribution in [0.25, 0.3) is 0 Å². The molecule has 0 amide bonds. The third-order valence-corrected chi connectivity index (χ3v) is 11.6. The van der Waals surface area contributed by atoms with E-state index >= 15 is 0 Å². The zero-order chi connectivity index (χ0) is 47.3. The molecular formula is C49H83O14P. The number of phosphoric acid groups is 1. The summed E-state index contributed by atoms with van der Waals surface area (Å²) in [7, 11) is -5.15. The molecule has 0 spiro atoms. The van der Waals surface area contributed by atoms with Gasteiger partial charge in [0.1, 0.15) is 43.2 Å². The van der Waals surface area contributed by atoms with E-state index in [1.54, 1.807) is 0 Å². The first kappa shape index (κ1) is 59.3. The SMILES string of the molecule is CCCCC/C=C\C/C=C\CCCCCCCCCC(=O)O[C@H](COC(=O)CCC/C=C\C/C=C\C/C=C\C/C=C\[C@@H](O)CCCC)COP(=O)(O)OC1[C@H](O)[C@H](O)C(O)[C@H](O)[C@H]1O.